The highest BCUT2D eigenvalue weighted by Gasteiger charge is 2.20. The third-order valence-electron chi connectivity index (χ3n) is 3.82. The number of aliphatic carboxylic acids is 1. The van der Waals surface area contributed by atoms with Gasteiger partial charge in [0, 0.05) is 17.8 Å². The zero-order chi connectivity index (χ0) is 19.1. The molecule has 0 bridgehead atoms. The number of benzene rings is 1. The molecule has 0 aliphatic heterocycles. The standard InChI is InChI=1S/C19H24N2O4S/c1-4-25-15-7-5-13(6-8-15)9-14(19(23)24)10-20-17(22)16-11-26-18(21-16)12(2)3/h5-8,11-12,14H,4,9-10H2,1-3H3,(H,20,22)(H,23,24). The Morgan fingerprint density at radius 1 is 1.27 bits per heavy atom. The van der Waals surface area contributed by atoms with E-state index < -0.39 is 11.9 Å². The lowest BCUT2D eigenvalue weighted by Gasteiger charge is -2.13. The van der Waals surface area contributed by atoms with Crippen LogP contribution in [-0.2, 0) is 11.2 Å². The number of nitrogens with one attached hydrogen (secondary N) is 1. The average Bonchev–Trinajstić information content (AvgIpc) is 3.10. The Hall–Kier alpha value is -2.41. The summed E-state index contributed by atoms with van der Waals surface area (Å²) >= 11 is 1.43. The maximum Gasteiger partial charge on any atom is 0.308 e. The minimum absolute atomic E-state index is 0.0515. The number of carbonyl (C=O) groups is 2. The molecule has 1 atom stereocenters. The van der Waals surface area contributed by atoms with Crippen molar-refractivity contribution < 1.29 is 19.4 Å². The molecule has 1 amide bonds. The fourth-order valence-electron chi connectivity index (χ4n) is 2.38. The van der Waals surface area contributed by atoms with Crippen LogP contribution in [0, 0.1) is 5.92 Å². The second kappa shape index (κ2) is 9.33. The Bertz CT molecular complexity index is 740. The molecular weight excluding hydrogens is 352 g/mol. The average molecular weight is 376 g/mol. The van der Waals surface area contributed by atoms with Gasteiger partial charge in [0.15, 0.2) is 0 Å². The van der Waals surface area contributed by atoms with Gasteiger partial charge in [-0.3, -0.25) is 9.59 Å². The van der Waals surface area contributed by atoms with Gasteiger partial charge in [-0.1, -0.05) is 26.0 Å². The fraction of sp³-hybridized carbons (Fsp3) is 0.421. The lowest BCUT2D eigenvalue weighted by atomic mass is 9.99. The number of thiazole rings is 1. The Morgan fingerprint density at radius 3 is 2.50 bits per heavy atom. The van der Waals surface area contributed by atoms with Crippen LogP contribution in [0.15, 0.2) is 29.6 Å². The molecule has 0 aliphatic rings. The van der Waals surface area contributed by atoms with Gasteiger partial charge < -0.3 is 15.2 Å². The Labute approximate surface area is 157 Å². The summed E-state index contributed by atoms with van der Waals surface area (Å²) in [5.74, 6) is -0.986. The van der Waals surface area contributed by atoms with Crippen molar-refractivity contribution in [3.63, 3.8) is 0 Å². The molecule has 0 saturated heterocycles. The molecule has 0 spiro atoms. The van der Waals surface area contributed by atoms with E-state index in [1.807, 2.05) is 45.0 Å². The quantitative estimate of drug-likeness (QED) is 0.701. The van der Waals surface area contributed by atoms with E-state index in [1.54, 1.807) is 5.38 Å². The Kier molecular flexibility index (Phi) is 7.15. The topological polar surface area (TPSA) is 88.5 Å². The molecule has 1 heterocycles. The van der Waals surface area contributed by atoms with E-state index in [1.165, 1.54) is 11.3 Å². The second-order valence-corrected chi connectivity index (χ2v) is 7.14. The molecule has 0 saturated carbocycles. The van der Waals surface area contributed by atoms with Gasteiger partial charge in [0.05, 0.1) is 17.5 Å². The highest BCUT2D eigenvalue weighted by molar-refractivity contribution is 7.09. The maximum atomic E-state index is 12.2. The molecule has 1 aromatic carbocycles. The molecule has 0 aliphatic carbocycles. The van der Waals surface area contributed by atoms with Gasteiger partial charge in [0.1, 0.15) is 11.4 Å². The van der Waals surface area contributed by atoms with E-state index in [0.29, 0.717) is 18.7 Å². The SMILES string of the molecule is CCOc1ccc(CC(CNC(=O)c2csc(C(C)C)n2)C(=O)O)cc1. The molecule has 1 aromatic heterocycles. The summed E-state index contributed by atoms with van der Waals surface area (Å²) < 4.78 is 5.38. The summed E-state index contributed by atoms with van der Waals surface area (Å²) in [6.07, 6.45) is 0.330. The van der Waals surface area contributed by atoms with E-state index in [4.69, 9.17) is 4.74 Å². The number of carbonyl (C=O) groups excluding carboxylic acids is 1. The van der Waals surface area contributed by atoms with Gasteiger partial charge in [0.2, 0.25) is 0 Å². The van der Waals surface area contributed by atoms with Crippen molar-refractivity contribution in [2.75, 3.05) is 13.2 Å². The number of nitrogens with zero attached hydrogens (tertiary/aromatic N) is 1. The fourth-order valence-corrected chi connectivity index (χ4v) is 3.20. The summed E-state index contributed by atoms with van der Waals surface area (Å²) in [6, 6.07) is 7.33. The van der Waals surface area contributed by atoms with Crippen LogP contribution in [0.5, 0.6) is 5.75 Å². The van der Waals surface area contributed by atoms with Gasteiger partial charge in [-0.15, -0.1) is 11.3 Å². The minimum Gasteiger partial charge on any atom is -0.494 e. The van der Waals surface area contributed by atoms with Crippen molar-refractivity contribution in [2.24, 2.45) is 5.92 Å². The van der Waals surface area contributed by atoms with Crippen molar-refractivity contribution >= 4 is 23.2 Å². The number of ether oxygens (including phenoxy) is 1. The zero-order valence-corrected chi connectivity index (χ0v) is 16.0. The molecule has 2 aromatic rings. The molecule has 1 unspecified atom stereocenters. The molecule has 2 rings (SSSR count). The lowest BCUT2D eigenvalue weighted by molar-refractivity contribution is -0.141. The first kappa shape index (κ1) is 19.9. The summed E-state index contributed by atoms with van der Waals surface area (Å²) in [5.41, 5.74) is 1.22. The van der Waals surface area contributed by atoms with E-state index in [9.17, 15) is 14.7 Å². The van der Waals surface area contributed by atoms with Crippen LogP contribution in [0.3, 0.4) is 0 Å². The maximum absolute atomic E-state index is 12.2. The normalized spacial score (nSPS) is 12.0. The van der Waals surface area contributed by atoms with Crippen LogP contribution in [-0.4, -0.2) is 35.1 Å². The van der Waals surface area contributed by atoms with Gasteiger partial charge in [-0.2, -0.15) is 0 Å². The second-order valence-electron chi connectivity index (χ2n) is 6.25. The molecular formula is C19H24N2O4S. The highest BCUT2D eigenvalue weighted by atomic mass is 32.1. The number of rotatable bonds is 9. The number of carboxylic acids is 1. The Balaban J connectivity index is 1.94. The van der Waals surface area contributed by atoms with Gasteiger partial charge in [0.25, 0.3) is 5.91 Å². The van der Waals surface area contributed by atoms with Gasteiger partial charge >= 0.3 is 5.97 Å². The van der Waals surface area contributed by atoms with Crippen molar-refractivity contribution in [2.45, 2.75) is 33.1 Å². The van der Waals surface area contributed by atoms with Crippen LogP contribution >= 0.6 is 11.3 Å². The van der Waals surface area contributed by atoms with Gasteiger partial charge in [-0.25, -0.2) is 4.98 Å². The largest absolute Gasteiger partial charge is 0.494 e. The Morgan fingerprint density at radius 2 is 1.96 bits per heavy atom. The first-order valence-corrected chi connectivity index (χ1v) is 9.46. The molecule has 2 N–H and O–H groups in total. The highest BCUT2D eigenvalue weighted by Crippen LogP contribution is 2.19. The van der Waals surface area contributed by atoms with Crippen LogP contribution < -0.4 is 10.1 Å². The molecule has 140 valence electrons. The predicted molar refractivity (Wildman–Crippen MR) is 101 cm³/mol. The number of hydrogen-bond acceptors (Lipinski definition) is 5. The summed E-state index contributed by atoms with van der Waals surface area (Å²) in [7, 11) is 0. The van der Waals surface area contributed by atoms with E-state index in [2.05, 4.69) is 10.3 Å². The first-order chi connectivity index (χ1) is 12.4. The van der Waals surface area contributed by atoms with Crippen molar-refractivity contribution in [1.29, 1.82) is 0 Å². The monoisotopic (exact) mass is 376 g/mol. The van der Waals surface area contributed by atoms with Crippen molar-refractivity contribution in [1.82, 2.24) is 10.3 Å². The zero-order valence-electron chi connectivity index (χ0n) is 15.2. The van der Waals surface area contributed by atoms with Crippen LogP contribution in [0.2, 0.25) is 0 Å². The molecule has 0 radical (unpaired) electrons. The minimum atomic E-state index is -0.944. The lowest BCUT2D eigenvalue weighted by Crippen LogP contribution is -2.34. The third-order valence-corrected chi connectivity index (χ3v) is 4.97. The van der Waals surface area contributed by atoms with Crippen molar-refractivity contribution in [3.8, 4) is 5.75 Å². The predicted octanol–water partition coefficient (Wildman–Crippen LogP) is 3.34. The summed E-state index contributed by atoms with van der Waals surface area (Å²) in [4.78, 5) is 28.0. The number of hydrogen-bond donors (Lipinski definition) is 2. The van der Waals surface area contributed by atoms with E-state index >= 15 is 0 Å². The smallest absolute Gasteiger partial charge is 0.308 e. The van der Waals surface area contributed by atoms with Gasteiger partial charge in [-0.05, 0) is 31.0 Å². The van der Waals surface area contributed by atoms with Crippen LogP contribution in [0.4, 0.5) is 0 Å². The van der Waals surface area contributed by atoms with E-state index in [-0.39, 0.29) is 18.4 Å². The van der Waals surface area contributed by atoms with Crippen molar-refractivity contribution in [3.05, 3.63) is 45.9 Å². The number of amides is 1. The first-order valence-electron chi connectivity index (χ1n) is 8.58. The number of carboxylic acid groups (broad SMARTS) is 1. The molecule has 7 heteroatoms. The molecule has 26 heavy (non-hydrogen) atoms. The van der Waals surface area contributed by atoms with Crippen LogP contribution in [0.1, 0.15) is 47.7 Å². The summed E-state index contributed by atoms with van der Waals surface area (Å²) in [6.45, 7) is 6.56. The van der Waals surface area contributed by atoms with E-state index in [0.717, 1.165) is 16.3 Å². The molecule has 0 fully saturated rings. The van der Waals surface area contributed by atoms with Crippen LogP contribution in [0.25, 0.3) is 0 Å². The molecule has 6 nitrogen and oxygen atoms in total. The summed E-state index contributed by atoms with van der Waals surface area (Å²) in [5, 5.41) is 14.7. The third kappa shape index (κ3) is 5.56. The number of aromatic nitrogens is 1.